The average Bonchev–Trinajstić information content (AvgIpc) is 2.33. The molecule has 1 aliphatic rings. The molecule has 1 aliphatic heterocycles. The lowest BCUT2D eigenvalue weighted by molar-refractivity contribution is -0.139. The van der Waals surface area contributed by atoms with E-state index < -0.39 is 12.0 Å². The van der Waals surface area contributed by atoms with Gasteiger partial charge in [-0.05, 0) is 11.6 Å². The summed E-state index contributed by atoms with van der Waals surface area (Å²) in [4.78, 5) is 10.9. The second-order valence-corrected chi connectivity index (χ2v) is 5.65. The van der Waals surface area contributed by atoms with Crippen LogP contribution in [0.15, 0.2) is 18.2 Å². The fourth-order valence-corrected chi connectivity index (χ4v) is 3.32. The fourth-order valence-electron chi connectivity index (χ4n) is 1.75. The van der Waals surface area contributed by atoms with Gasteiger partial charge in [-0.15, -0.1) is 0 Å². The Balaban J connectivity index is 2.22. The summed E-state index contributed by atoms with van der Waals surface area (Å²) in [6.07, 6.45) is 0. The predicted octanol–water partition coefficient (Wildman–Crippen LogP) is 2.82. The van der Waals surface area contributed by atoms with E-state index in [1.807, 2.05) is 12.1 Å². The molecule has 1 aromatic carbocycles. The average molecular weight is 292 g/mol. The van der Waals surface area contributed by atoms with Crippen LogP contribution in [-0.2, 0) is 4.79 Å². The molecule has 0 spiro atoms. The molecule has 3 nitrogen and oxygen atoms in total. The quantitative estimate of drug-likeness (QED) is 0.880. The van der Waals surface area contributed by atoms with Crippen molar-refractivity contribution in [2.45, 2.75) is 12.1 Å². The molecule has 0 saturated carbocycles. The van der Waals surface area contributed by atoms with Crippen LogP contribution in [0.4, 0.5) is 0 Å². The summed E-state index contributed by atoms with van der Waals surface area (Å²) in [6.45, 7) is 0. The highest BCUT2D eigenvalue weighted by Gasteiger charge is 2.28. The van der Waals surface area contributed by atoms with Gasteiger partial charge in [-0.25, -0.2) is 0 Å². The third-order valence-corrected chi connectivity index (χ3v) is 4.60. The van der Waals surface area contributed by atoms with Gasteiger partial charge in [-0.2, -0.15) is 11.8 Å². The first-order chi connectivity index (χ1) is 8.09. The van der Waals surface area contributed by atoms with Crippen LogP contribution >= 0.6 is 35.0 Å². The number of rotatable bonds is 2. The second kappa shape index (κ2) is 5.48. The summed E-state index contributed by atoms with van der Waals surface area (Å²) >= 11 is 13.7. The van der Waals surface area contributed by atoms with E-state index in [1.165, 1.54) is 0 Å². The molecular weight excluding hydrogens is 281 g/mol. The Hall–Kier alpha value is -0.420. The smallest absolute Gasteiger partial charge is 0.321 e. The number of carboxylic acid groups (broad SMARTS) is 1. The summed E-state index contributed by atoms with van der Waals surface area (Å²) in [5.74, 6) is 0.536. The molecule has 0 radical (unpaired) electrons. The highest BCUT2D eigenvalue weighted by Crippen LogP contribution is 2.33. The van der Waals surface area contributed by atoms with Gasteiger partial charge in [0.25, 0.3) is 0 Å². The molecule has 2 rings (SSSR count). The molecule has 1 heterocycles. The molecule has 2 atom stereocenters. The summed E-state index contributed by atoms with van der Waals surface area (Å²) in [7, 11) is 0. The van der Waals surface area contributed by atoms with Crippen molar-refractivity contribution in [3.63, 3.8) is 0 Å². The molecule has 0 amide bonds. The van der Waals surface area contributed by atoms with Crippen molar-refractivity contribution < 1.29 is 9.90 Å². The number of halogens is 2. The van der Waals surface area contributed by atoms with E-state index in [-0.39, 0.29) is 6.04 Å². The number of nitrogens with one attached hydrogen (secondary N) is 1. The van der Waals surface area contributed by atoms with E-state index in [1.54, 1.807) is 17.8 Å². The van der Waals surface area contributed by atoms with Gasteiger partial charge in [0.15, 0.2) is 0 Å². The van der Waals surface area contributed by atoms with E-state index in [9.17, 15) is 4.79 Å². The van der Waals surface area contributed by atoms with Crippen molar-refractivity contribution in [3.8, 4) is 0 Å². The van der Waals surface area contributed by atoms with Crippen LogP contribution in [0.2, 0.25) is 10.0 Å². The minimum absolute atomic E-state index is 0.0685. The molecule has 1 fully saturated rings. The van der Waals surface area contributed by atoms with Gasteiger partial charge in [0.1, 0.15) is 6.04 Å². The van der Waals surface area contributed by atoms with Gasteiger partial charge in [-0.1, -0.05) is 35.3 Å². The Kier molecular flexibility index (Phi) is 4.20. The lowest BCUT2D eigenvalue weighted by Gasteiger charge is -2.29. The summed E-state index contributed by atoms with van der Waals surface area (Å²) < 4.78 is 0. The predicted molar refractivity (Wildman–Crippen MR) is 71.1 cm³/mol. The summed E-state index contributed by atoms with van der Waals surface area (Å²) in [5.41, 5.74) is 0.859. The number of benzene rings is 1. The Bertz CT molecular complexity index is 441. The maximum atomic E-state index is 10.9. The Morgan fingerprint density at radius 3 is 2.88 bits per heavy atom. The van der Waals surface area contributed by atoms with Crippen LogP contribution in [-0.4, -0.2) is 28.6 Å². The van der Waals surface area contributed by atoms with Crippen molar-refractivity contribution in [2.24, 2.45) is 0 Å². The molecule has 1 aromatic rings. The first-order valence-corrected chi connectivity index (χ1v) is 7.01. The number of hydrogen-bond donors (Lipinski definition) is 2. The van der Waals surface area contributed by atoms with Gasteiger partial charge in [-0.3, -0.25) is 10.1 Å². The van der Waals surface area contributed by atoms with Gasteiger partial charge >= 0.3 is 5.97 Å². The van der Waals surface area contributed by atoms with Gasteiger partial charge in [0.2, 0.25) is 0 Å². The normalized spacial score (nSPS) is 24.6. The van der Waals surface area contributed by atoms with E-state index in [4.69, 9.17) is 28.3 Å². The summed E-state index contributed by atoms with van der Waals surface area (Å²) in [6, 6.07) is 4.81. The molecule has 2 unspecified atom stereocenters. The van der Waals surface area contributed by atoms with Crippen LogP contribution in [0.1, 0.15) is 11.6 Å². The molecule has 1 saturated heterocycles. The minimum Gasteiger partial charge on any atom is -0.480 e. The highest BCUT2D eigenvalue weighted by molar-refractivity contribution is 7.99. The van der Waals surface area contributed by atoms with Crippen molar-refractivity contribution >= 4 is 40.9 Å². The molecule has 0 bridgehead atoms. The Labute approximate surface area is 113 Å². The van der Waals surface area contributed by atoms with Gasteiger partial charge in [0.05, 0.1) is 10.0 Å². The maximum absolute atomic E-state index is 10.9. The molecule has 2 N–H and O–H groups in total. The monoisotopic (exact) mass is 291 g/mol. The van der Waals surface area contributed by atoms with Crippen LogP contribution < -0.4 is 5.32 Å². The third kappa shape index (κ3) is 2.88. The maximum Gasteiger partial charge on any atom is 0.321 e. The Morgan fingerprint density at radius 1 is 1.41 bits per heavy atom. The van der Waals surface area contributed by atoms with Crippen molar-refractivity contribution in [1.82, 2.24) is 5.32 Å². The van der Waals surface area contributed by atoms with Crippen LogP contribution in [0.5, 0.6) is 0 Å². The van der Waals surface area contributed by atoms with E-state index in [0.717, 1.165) is 11.3 Å². The molecule has 0 aliphatic carbocycles. The second-order valence-electron chi connectivity index (χ2n) is 3.79. The van der Waals surface area contributed by atoms with E-state index >= 15 is 0 Å². The molecule has 6 heteroatoms. The first-order valence-electron chi connectivity index (χ1n) is 5.10. The number of carbonyl (C=O) groups is 1. The molecular formula is C11H11Cl2NO2S. The molecule has 17 heavy (non-hydrogen) atoms. The molecule has 92 valence electrons. The zero-order valence-corrected chi connectivity index (χ0v) is 11.1. The topological polar surface area (TPSA) is 49.3 Å². The summed E-state index contributed by atoms with van der Waals surface area (Å²) in [5, 5.41) is 13.1. The van der Waals surface area contributed by atoms with Crippen LogP contribution in [0, 0.1) is 0 Å². The number of thioether (sulfide) groups is 1. The van der Waals surface area contributed by atoms with Crippen LogP contribution in [0.3, 0.4) is 0 Å². The van der Waals surface area contributed by atoms with Crippen molar-refractivity contribution in [1.29, 1.82) is 0 Å². The Morgan fingerprint density at radius 2 is 2.18 bits per heavy atom. The standard InChI is InChI=1S/C11H11Cl2NO2S/c12-7-3-1-2-6(10(7)13)8-4-17-5-9(14-8)11(15)16/h1-3,8-9,14H,4-5H2,(H,15,16). The lowest BCUT2D eigenvalue weighted by atomic mass is 10.1. The fraction of sp³-hybridized carbons (Fsp3) is 0.364. The number of carboxylic acids is 1. The lowest BCUT2D eigenvalue weighted by Crippen LogP contribution is -2.45. The highest BCUT2D eigenvalue weighted by atomic mass is 35.5. The largest absolute Gasteiger partial charge is 0.480 e. The van der Waals surface area contributed by atoms with Gasteiger partial charge in [0, 0.05) is 17.5 Å². The zero-order valence-electron chi connectivity index (χ0n) is 8.82. The van der Waals surface area contributed by atoms with Crippen LogP contribution in [0.25, 0.3) is 0 Å². The first kappa shape index (κ1) is 13.0. The van der Waals surface area contributed by atoms with Gasteiger partial charge < -0.3 is 5.11 Å². The number of hydrogen-bond acceptors (Lipinski definition) is 3. The zero-order chi connectivity index (χ0) is 12.4. The SMILES string of the molecule is O=C(O)C1CSCC(c2cccc(Cl)c2Cl)N1. The van der Waals surface area contributed by atoms with E-state index in [0.29, 0.717) is 15.8 Å². The van der Waals surface area contributed by atoms with Crippen molar-refractivity contribution in [2.75, 3.05) is 11.5 Å². The van der Waals surface area contributed by atoms with E-state index in [2.05, 4.69) is 5.32 Å². The third-order valence-electron chi connectivity index (χ3n) is 2.63. The number of aliphatic carboxylic acids is 1. The minimum atomic E-state index is -0.833. The van der Waals surface area contributed by atoms with Crippen molar-refractivity contribution in [3.05, 3.63) is 33.8 Å². The molecule has 0 aromatic heterocycles.